The Hall–Kier alpha value is -2.36. The predicted octanol–water partition coefficient (Wildman–Crippen LogP) is 3.98. The second kappa shape index (κ2) is 6.27. The summed E-state index contributed by atoms with van der Waals surface area (Å²) in [6.07, 6.45) is 5.79. The molecule has 1 amide bonds. The molecular weight excluding hydrogens is 302 g/mol. The van der Waals surface area contributed by atoms with Crippen LogP contribution in [0.2, 0.25) is 0 Å². The molecule has 0 atom stereocenters. The maximum Gasteiger partial charge on any atom is 0.310 e. The van der Waals surface area contributed by atoms with Crippen molar-refractivity contribution < 1.29 is 14.3 Å². The monoisotopic (exact) mass is 325 g/mol. The molecule has 4 heteroatoms. The van der Waals surface area contributed by atoms with Gasteiger partial charge in [0.2, 0.25) is 0 Å². The molecule has 1 heterocycles. The summed E-state index contributed by atoms with van der Waals surface area (Å²) in [5.74, 6) is -0.129. The van der Waals surface area contributed by atoms with Crippen LogP contribution in [-0.2, 0) is 16.1 Å². The van der Waals surface area contributed by atoms with Gasteiger partial charge >= 0.3 is 5.97 Å². The Bertz CT molecular complexity index is 737. The van der Waals surface area contributed by atoms with Crippen LogP contribution in [0, 0.1) is 0 Å². The molecule has 0 saturated carbocycles. The van der Waals surface area contributed by atoms with Gasteiger partial charge in [0, 0.05) is 11.3 Å². The van der Waals surface area contributed by atoms with Crippen LogP contribution in [0.5, 0.6) is 0 Å². The molecule has 4 nitrogen and oxygen atoms in total. The second-order valence-electron chi connectivity index (χ2n) is 7.29. The Kier molecular flexibility index (Phi) is 4.31. The minimum atomic E-state index is -0.457. The number of hydrogen-bond donors (Lipinski definition) is 0. The maximum atomic E-state index is 12.5. The van der Waals surface area contributed by atoms with Crippen LogP contribution in [0.15, 0.2) is 47.7 Å². The van der Waals surface area contributed by atoms with Crippen molar-refractivity contribution >= 4 is 11.9 Å². The van der Waals surface area contributed by atoms with Crippen LogP contribution in [0.25, 0.3) is 0 Å². The molecule has 0 bridgehead atoms. The van der Waals surface area contributed by atoms with Crippen molar-refractivity contribution in [1.29, 1.82) is 0 Å². The number of nitrogens with zero attached hydrogens (tertiary/aromatic N) is 1. The lowest BCUT2D eigenvalue weighted by Crippen LogP contribution is -2.25. The Morgan fingerprint density at radius 3 is 2.54 bits per heavy atom. The summed E-state index contributed by atoms with van der Waals surface area (Å²) in [6.45, 7) is 6.24. The molecule has 0 unspecified atom stereocenters. The molecule has 0 aromatic heterocycles. The molecule has 0 radical (unpaired) electrons. The number of hydrogen-bond acceptors (Lipinski definition) is 3. The number of carbonyl (C=O) groups excluding carboxylic acids is 2. The number of fused-ring (bicyclic) bond motifs is 1. The topological polar surface area (TPSA) is 46.6 Å². The molecule has 1 aromatic rings. The fourth-order valence-corrected chi connectivity index (χ4v) is 3.09. The van der Waals surface area contributed by atoms with Crippen LogP contribution < -0.4 is 0 Å². The van der Waals surface area contributed by atoms with E-state index in [1.54, 1.807) is 0 Å². The van der Waals surface area contributed by atoms with Gasteiger partial charge in [0.1, 0.15) is 5.60 Å². The number of amides is 1. The van der Waals surface area contributed by atoms with Crippen LogP contribution in [0.1, 0.15) is 56.0 Å². The van der Waals surface area contributed by atoms with E-state index < -0.39 is 5.60 Å². The summed E-state index contributed by atoms with van der Waals surface area (Å²) in [4.78, 5) is 26.3. The Labute approximate surface area is 142 Å². The first-order chi connectivity index (χ1) is 11.3. The average molecular weight is 325 g/mol. The molecular formula is C20H23NO3. The van der Waals surface area contributed by atoms with Crippen LogP contribution >= 0.6 is 0 Å². The van der Waals surface area contributed by atoms with Gasteiger partial charge in [-0.15, -0.1) is 0 Å². The number of carbonyl (C=O) groups is 2. The van der Waals surface area contributed by atoms with Gasteiger partial charge in [-0.2, -0.15) is 0 Å². The fraction of sp³-hybridized carbons (Fsp3) is 0.400. The van der Waals surface area contributed by atoms with Crippen molar-refractivity contribution in [2.75, 3.05) is 0 Å². The smallest absolute Gasteiger partial charge is 0.310 e. The number of allylic oxidation sites excluding steroid dienone is 3. The third-order valence-corrected chi connectivity index (χ3v) is 4.17. The molecule has 0 saturated heterocycles. The summed E-state index contributed by atoms with van der Waals surface area (Å²) in [6, 6.07) is 7.74. The summed E-state index contributed by atoms with van der Waals surface area (Å²) in [5.41, 5.74) is 3.48. The maximum absolute atomic E-state index is 12.5. The van der Waals surface area contributed by atoms with E-state index in [1.165, 1.54) is 0 Å². The summed E-state index contributed by atoms with van der Waals surface area (Å²) in [5, 5.41) is 0. The van der Waals surface area contributed by atoms with E-state index in [1.807, 2.05) is 62.1 Å². The number of benzene rings is 1. The zero-order valence-electron chi connectivity index (χ0n) is 14.5. The van der Waals surface area contributed by atoms with E-state index in [4.69, 9.17) is 4.74 Å². The first kappa shape index (κ1) is 16.5. The SMILES string of the molecule is CC(C)(C)OC(=O)CC1=CC=C(N2Cc3ccccc3C2=O)CC1. The van der Waals surface area contributed by atoms with Crippen LogP contribution in [0.4, 0.5) is 0 Å². The van der Waals surface area contributed by atoms with Crippen molar-refractivity contribution in [3.8, 4) is 0 Å². The first-order valence-electron chi connectivity index (χ1n) is 8.34. The lowest BCUT2D eigenvalue weighted by Gasteiger charge is -2.24. The van der Waals surface area contributed by atoms with Gasteiger partial charge < -0.3 is 9.64 Å². The highest BCUT2D eigenvalue weighted by Crippen LogP contribution is 2.31. The first-order valence-corrected chi connectivity index (χ1v) is 8.34. The average Bonchev–Trinajstić information content (AvgIpc) is 2.84. The van der Waals surface area contributed by atoms with E-state index in [-0.39, 0.29) is 11.9 Å². The van der Waals surface area contributed by atoms with Gasteiger partial charge in [0.05, 0.1) is 13.0 Å². The minimum Gasteiger partial charge on any atom is -0.460 e. The highest BCUT2D eigenvalue weighted by molar-refractivity contribution is 5.99. The molecule has 126 valence electrons. The predicted molar refractivity (Wildman–Crippen MR) is 92.2 cm³/mol. The summed E-state index contributed by atoms with van der Waals surface area (Å²) < 4.78 is 5.36. The van der Waals surface area contributed by atoms with Crippen LogP contribution in [-0.4, -0.2) is 22.4 Å². The van der Waals surface area contributed by atoms with E-state index in [0.29, 0.717) is 13.0 Å². The lowest BCUT2D eigenvalue weighted by molar-refractivity contribution is -0.153. The number of rotatable bonds is 3. The van der Waals surface area contributed by atoms with E-state index in [0.717, 1.165) is 35.2 Å². The normalized spacial score (nSPS) is 17.3. The van der Waals surface area contributed by atoms with Crippen molar-refractivity contribution in [1.82, 2.24) is 4.90 Å². The third-order valence-electron chi connectivity index (χ3n) is 4.17. The van der Waals surface area contributed by atoms with Crippen molar-refractivity contribution in [2.24, 2.45) is 0 Å². The molecule has 2 aliphatic rings. The van der Waals surface area contributed by atoms with Crippen molar-refractivity contribution in [2.45, 2.75) is 52.2 Å². The third kappa shape index (κ3) is 3.58. The highest BCUT2D eigenvalue weighted by atomic mass is 16.6. The molecule has 0 fully saturated rings. The number of esters is 1. The van der Waals surface area contributed by atoms with Gasteiger partial charge in [-0.05, 0) is 51.3 Å². The Morgan fingerprint density at radius 1 is 1.17 bits per heavy atom. The van der Waals surface area contributed by atoms with Gasteiger partial charge in [-0.25, -0.2) is 0 Å². The zero-order valence-corrected chi connectivity index (χ0v) is 14.5. The van der Waals surface area contributed by atoms with Crippen LogP contribution in [0.3, 0.4) is 0 Å². The lowest BCUT2D eigenvalue weighted by atomic mass is 9.99. The standard InChI is InChI=1S/C20H23NO3/c1-20(2,3)24-18(22)12-14-8-10-16(11-9-14)21-13-15-6-4-5-7-17(15)19(21)23/h4-8,10H,9,11-13H2,1-3H3. The molecule has 3 rings (SSSR count). The molecule has 1 aromatic carbocycles. The van der Waals surface area contributed by atoms with E-state index in [2.05, 4.69) is 0 Å². The second-order valence-corrected chi connectivity index (χ2v) is 7.29. The number of ether oxygens (including phenoxy) is 1. The molecule has 0 N–H and O–H groups in total. The molecule has 1 aliphatic carbocycles. The van der Waals surface area contributed by atoms with Gasteiger partial charge in [0.15, 0.2) is 0 Å². The Balaban J connectivity index is 1.66. The summed E-state index contributed by atoms with van der Waals surface area (Å²) in [7, 11) is 0. The fourth-order valence-electron chi connectivity index (χ4n) is 3.09. The van der Waals surface area contributed by atoms with Gasteiger partial charge in [0.25, 0.3) is 5.91 Å². The largest absolute Gasteiger partial charge is 0.460 e. The minimum absolute atomic E-state index is 0.0702. The highest BCUT2D eigenvalue weighted by Gasteiger charge is 2.29. The van der Waals surface area contributed by atoms with Crippen molar-refractivity contribution in [3.63, 3.8) is 0 Å². The molecule has 1 aliphatic heterocycles. The van der Waals surface area contributed by atoms with Gasteiger partial charge in [-0.1, -0.05) is 29.8 Å². The quantitative estimate of drug-likeness (QED) is 0.790. The van der Waals surface area contributed by atoms with Crippen molar-refractivity contribution in [3.05, 3.63) is 58.8 Å². The Morgan fingerprint density at radius 2 is 1.92 bits per heavy atom. The summed E-state index contributed by atoms with van der Waals surface area (Å²) >= 11 is 0. The molecule has 0 spiro atoms. The van der Waals surface area contributed by atoms with Gasteiger partial charge in [-0.3, -0.25) is 9.59 Å². The van der Waals surface area contributed by atoms with E-state index in [9.17, 15) is 9.59 Å². The van der Waals surface area contributed by atoms with E-state index >= 15 is 0 Å². The molecule has 24 heavy (non-hydrogen) atoms. The zero-order chi connectivity index (χ0) is 17.3.